The predicted molar refractivity (Wildman–Crippen MR) is 189 cm³/mol. The number of ether oxygens (including phenoxy) is 2. The van der Waals surface area contributed by atoms with E-state index in [-0.39, 0.29) is 6.10 Å². The zero-order chi connectivity index (χ0) is 30.6. The van der Waals surface area contributed by atoms with E-state index in [0.29, 0.717) is 0 Å². The van der Waals surface area contributed by atoms with Gasteiger partial charge in [-0.15, -0.1) is 0 Å². The summed E-state index contributed by atoms with van der Waals surface area (Å²) in [5, 5.41) is 0. The summed E-state index contributed by atoms with van der Waals surface area (Å²) in [7, 11) is 0. The Morgan fingerprint density at radius 3 is 1.26 bits per heavy atom. The highest BCUT2D eigenvalue weighted by molar-refractivity contribution is 4.82. The van der Waals surface area contributed by atoms with Crippen LogP contribution in [0.4, 0.5) is 0 Å². The van der Waals surface area contributed by atoms with Crippen molar-refractivity contribution in [3.8, 4) is 0 Å². The molecular weight excluding hydrogens is 514 g/mol. The van der Waals surface area contributed by atoms with Crippen molar-refractivity contribution < 1.29 is 9.47 Å². The molecule has 0 aromatic heterocycles. The van der Waals surface area contributed by atoms with Crippen molar-refractivity contribution in [1.82, 2.24) is 4.90 Å². The average Bonchev–Trinajstić information content (AvgIpc) is 3.01. The molecule has 0 aliphatic heterocycles. The average molecular weight is 592 g/mol. The lowest BCUT2D eigenvalue weighted by molar-refractivity contribution is -0.0332. The molecule has 1 atom stereocenters. The highest BCUT2D eigenvalue weighted by Gasteiger charge is 2.13. The summed E-state index contributed by atoms with van der Waals surface area (Å²) in [4.78, 5) is 2.47. The fourth-order valence-corrected chi connectivity index (χ4v) is 5.48. The Morgan fingerprint density at radius 2 is 0.833 bits per heavy atom. The topological polar surface area (TPSA) is 21.7 Å². The Bertz CT molecular complexity index is 543. The van der Waals surface area contributed by atoms with Crippen LogP contribution in [0.3, 0.4) is 0 Å². The molecule has 0 aromatic rings. The molecule has 3 nitrogen and oxygen atoms in total. The van der Waals surface area contributed by atoms with E-state index in [0.717, 1.165) is 39.5 Å². The zero-order valence-corrected chi connectivity index (χ0v) is 29.4. The summed E-state index contributed by atoms with van der Waals surface area (Å²) in [5.74, 6) is 0. The van der Waals surface area contributed by atoms with E-state index in [4.69, 9.17) is 9.47 Å². The fourth-order valence-electron chi connectivity index (χ4n) is 5.48. The molecule has 0 amide bonds. The monoisotopic (exact) mass is 592 g/mol. The SMILES string of the molecule is CCCCCCC=CCCCCCCCCOCC(CN(CC)CC)OCCCCCCCCC=CCCCCCC. The second-order valence-electron chi connectivity index (χ2n) is 12.5. The molecule has 0 aliphatic rings. The van der Waals surface area contributed by atoms with Gasteiger partial charge in [-0.3, -0.25) is 0 Å². The molecule has 0 spiro atoms. The Hall–Kier alpha value is -0.640. The van der Waals surface area contributed by atoms with Crippen LogP contribution in [-0.4, -0.2) is 50.5 Å². The first-order valence-corrected chi connectivity index (χ1v) is 19.0. The molecule has 3 heteroatoms. The van der Waals surface area contributed by atoms with Gasteiger partial charge in [0.05, 0.1) is 12.7 Å². The number of likely N-dealkylation sites (N-methyl/N-ethyl adjacent to an activating group) is 1. The number of nitrogens with zero attached hydrogens (tertiary/aromatic N) is 1. The minimum Gasteiger partial charge on any atom is -0.379 e. The van der Waals surface area contributed by atoms with Crippen LogP contribution < -0.4 is 0 Å². The summed E-state index contributed by atoms with van der Waals surface area (Å²) in [5.41, 5.74) is 0. The van der Waals surface area contributed by atoms with Crippen molar-refractivity contribution in [3.63, 3.8) is 0 Å². The van der Waals surface area contributed by atoms with Gasteiger partial charge in [0.25, 0.3) is 0 Å². The number of unbranched alkanes of at least 4 members (excludes halogenated alkanes) is 20. The molecule has 250 valence electrons. The van der Waals surface area contributed by atoms with Crippen molar-refractivity contribution >= 4 is 0 Å². The minimum atomic E-state index is 0.207. The second kappa shape index (κ2) is 36.6. The van der Waals surface area contributed by atoms with Gasteiger partial charge in [0.15, 0.2) is 0 Å². The molecule has 0 aliphatic carbocycles. The van der Waals surface area contributed by atoms with Crippen LogP contribution in [0.1, 0.15) is 182 Å². The van der Waals surface area contributed by atoms with E-state index in [1.165, 1.54) is 154 Å². The van der Waals surface area contributed by atoms with E-state index in [1.807, 2.05) is 0 Å². The smallest absolute Gasteiger partial charge is 0.0934 e. The van der Waals surface area contributed by atoms with Gasteiger partial charge in [-0.1, -0.05) is 142 Å². The van der Waals surface area contributed by atoms with Gasteiger partial charge in [-0.25, -0.2) is 0 Å². The van der Waals surface area contributed by atoms with Gasteiger partial charge in [-0.2, -0.15) is 0 Å². The Labute approximate surface area is 265 Å². The van der Waals surface area contributed by atoms with Crippen molar-refractivity contribution in [2.24, 2.45) is 0 Å². The van der Waals surface area contributed by atoms with E-state index in [2.05, 4.69) is 56.9 Å². The number of allylic oxidation sites excluding steroid dienone is 4. The molecule has 1 unspecified atom stereocenters. The largest absolute Gasteiger partial charge is 0.379 e. The molecule has 0 saturated heterocycles. The molecular formula is C39H77NO2. The van der Waals surface area contributed by atoms with Crippen LogP contribution in [0, 0.1) is 0 Å². The van der Waals surface area contributed by atoms with Crippen LogP contribution in [-0.2, 0) is 9.47 Å². The predicted octanol–water partition coefficient (Wildman–Crippen LogP) is 12.2. The fraction of sp³-hybridized carbons (Fsp3) is 0.897. The highest BCUT2D eigenvalue weighted by Crippen LogP contribution is 2.11. The first-order valence-electron chi connectivity index (χ1n) is 19.0. The van der Waals surface area contributed by atoms with E-state index < -0.39 is 0 Å². The van der Waals surface area contributed by atoms with Crippen LogP contribution >= 0.6 is 0 Å². The Kier molecular flexibility index (Phi) is 36.0. The minimum absolute atomic E-state index is 0.207. The third-order valence-corrected chi connectivity index (χ3v) is 8.47. The van der Waals surface area contributed by atoms with Crippen molar-refractivity contribution in [3.05, 3.63) is 24.3 Å². The Morgan fingerprint density at radius 1 is 0.452 bits per heavy atom. The number of hydrogen-bond acceptors (Lipinski definition) is 3. The lowest BCUT2D eigenvalue weighted by Crippen LogP contribution is -2.36. The highest BCUT2D eigenvalue weighted by atomic mass is 16.5. The van der Waals surface area contributed by atoms with Gasteiger partial charge in [0, 0.05) is 19.8 Å². The maximum absolute atomic E-state index is 6.33. The first-order chi connectivity index (χ1) is 20.8. The van der Waals surface area contributed by atoms with Gasteiger partial charge < -0.3 is 14.4 Å². The van der Waals surface area contributed by atoms with Crippen molar-refractivity contribution in [2.75, 3.05) is 39.5 Å². The van der Waals surface area contributed by atoms with Gasteiger partial charge in [-0.05, 0) is 77.3 Å². The van der Waals surface area contributed by atoms with E-state index in [9.17, 15) is 0 Å². The van der Waals surface area contributed by atoms with Crippen molar-refractivity contribution in [2.45, 2.75) is 188 Å². The van der Waals surface area contributed by atoms with E-state index >= 15 is 0 Å². The third-order valence-electron chi connectivity index (χ3n) is 8.47. The lowest BCUT2D eigenvalue weighted by atomic mass is 10.1. The second-order valence-corrected chi connectivity index (χ2v) is 12.5. The number of hydrogen-bond donors (Lipinski definition) is 0. The van der Waals surface area contributed by atoms with Crippen LogP contribution in [0.15, 0.2) is 24.3 Å². The molecule has 0 N–H and O–H groups in total. The summed E-state index contributed by atoms with van der Waals surface area (Å²) < 4.78 is 12.4. The Balaban J connectivity index is 3.74. The van der Waals surface area contributed by atoms with Crippen LogP contribution in [0.2, 0.25) is 0 Å². The quantitative estimate of drug-likeness (QED) is 0.0540. The van der Waals surface area contributed by atoms with Gasteiger partial charge in [0.2, 0.25) is 0 Å². The lowest BCUT2D eigenvalue weighted by Gasteiger charge is -2.25. The summed E-state index contributed by atoms with van der Waals surface area (Å²) in [6.07, 6.45) is 41.7. The van der Waals surface area contributed by atoms with Crippen LogP contribution in [0.25, 0.3) is 0 Å². The molecule has 0 aromatic carbocycles. The normalized spacial score (nSPS) is 12.9. The molecule has 0 rings (SSSR count). The maximum atomic E-state index is 6.33. The summed E-state index contributed by atoms with van der Waals surface area (Å²) in [6, 6.07) is 0. The molecule has 42 heavy (non-hydrogen) atoms. The number of rotatable bonds is 35. The molecule has 0 radical (unpaired) electrons. The summed E-state index contributed by atoms with van der Waals surface area (Å²) >= 11 is 0. The van der Waals surface area contributed by atoms with Crippen LogP contribution in [0.5, 0.6) is 0 Å². The van der Waals surface area contributed by atoms with Gasteiger partial charge in [0.1, 0.15) is 0 Å². The molecule has 0 heterocycles. The maximum Gasteiger partial charge on any atom is 0.0934 e. The van der Waals surface area contributed by atoms with E-state index in [1.54, 1.807) is 0 Å². The third kappa shape index (κ3) is 32.3. The van der Waals surface area contributed by atoms with Crippen molar-refractivity contribution in [1.29, 1.82) is 0 Å². The molecule has 0 fully saturated rings. The molecule has 0 bridgehead atoms. The van der Waals surface area contributed by atoms with Gasteiger partial charge >= 0.3 is 0 Å². The summed E-state index contributed by atoms with van der Waals surface area (Å²) in [6.45, 7) is 14.7. The molecule has 0 saturated carbocycles. The first kappa shape index (κ1) is 41.4. The standard InChI is InChI=1S/C39H77NO2/c1-5-9-11-13-15-17-19-21-23-25-27-29-31-33-35-41-38-39(37-40(7-3)8-4)42-36-34-32-30-28-26-24-22-20-18-16-14-12-10-6-2/h17-20,39H,5-16,21-38H2,1-4H3. The zero-order valence-electron chi connectivity index (χ0n) is 29.4.